The third kappa shape index (κ3) is 3.93. The zero-order chi connectivity index (χ0) is 12.0. The van der Waals surface area contributed by atoms with Crippen LogP contribution in [0.1, 0.15) is 23.4 Å². The fourth-order valence-corrected chi connectivity index (χ4v) is 1.35. The lowest BCUT2D eigenvalue weighted by molar-refractivity contribution is 0.0924. The van der Waals surface area contributed by atoms with E-state index in [9.17, 15) is 4.79 Å². The molecule has 0 spiro atoms. The Morgan fingerprint density at radius 3 is 2.94 bits per heavy atom. The quantitative estimate of drug-likeness (QED) is 0.250. The van der Waals surface area contributed by atoms with E-state index in [0.717, 1.165) is 0 Å². The zero-order valence-electron chi connectivity index (χ0n) is 8.44. The SMILES string of the molecule is NC(CCCNC(=O)c1ccc(Br)o1)=NO. The highest BCUT2D eigenvalue weighted by atomic mass is 79.9. The van der Waals surface area contributed by atoms with Crippen LogP contribution in [0.4, 0.5) is 0 Å². The Bertz CT molecular complexity index is 389. The van der Waals surface area contributed by atoms with Crippen LogP contribution in [0, 0.1) is 0 Å². The number of oxime groups is 1. The monoisotopic (exact) mass is 289 g/mol. The Kier molecular flexibility index (Phi) is 4.84. The average Bonchev–Trinajstić information content (AvgIpc) is 2.70. The van der Waals surface area contributed by atoms with Crippen molar-refractivity contribution in [3.8, 4) is 0 Å². The zero-order valence-corrected chi connectivity index (χ0v) is 10.0. The van der Waals surface area contributed by atoms with Crippen LogP contribution in [0.25, 0.3) is 0 Å². The fraction of sp³-hybridized carbons (Fsp3) is 0.333. The summed E-state index contributed by atoms with van der Waals surface area (Å²) in [5.41, 5.74) is 5.27. The number of amides is 1. The van der Waals surface area contributed by atoms with Crippen LogP contribution in [0.15, 0.2) is 26.4 Å². The summed E-state index contributed by atoms with van der Waals surface area (Å²) >= 11 is 3.10. The maximum atomic E-state index is 11.4. The van der Waals surface area contributed by atoms with Gasteiger partial charge >= 0.3 is 0 Å². The lowest BCUT2D eigenvalue weighted by atomic mass is 10.3. The molecule has 1 heterocycles. The van der Waals surface area contributed by atoms with Crippen LogP contribution in [0.2, 0.25) is 0 Å². The van der Waals surface area contributed by atoms with Gasteiger partial charge in [-0.05, 0) is 34.5 Å². The highest BCUT2D eigenvalue weighted by Crippen LogP contribution is 2.13. The van der Waals surface area contributed by atoms with Gasteiger partial charge < -0.3 is 20.7 Å². The average molecular weight is 290 g/mol. The van der Waals surface area contributed by atoms with E-state index in [1.807, 2.05) is 0 Å². The molecule has 0 radical (unpaired) electrons. The first-order chi connectivity index (χ1) is 7.63. The van der Waals surface area contributed by atoms with Gasteiger partial charge in [0.25, 0.3) is 5.91 Å². The summed E-state index contributed by atoms with van der Waals surface area (Å²) in [6.45, 7) is 0.438. The van der Waals surface area contributed by atoms with E-state index in [2.05, 4.69) is 26.4 Å². The molecule has 0 unspecified atom stereocenters. The lowest BCUT2D eigenvalue weighted by Crippen LogP contribution is -2.25. The summed E-state index contributed by atoms with van der Waals surface area (Å²) in [4.78, 5) is 11.4. The van der Waals surface area contributed by atoms with Gasteiger partial charge in [-0.25, -0.2) is 0 Å². The van der Waals surface area contributed by atoms with Crippen LogP contribution in [0.3, 0.4) is 0 Å². The number of nitrogens with zero attached hydrogens (tertiary/aromatic N) is 1. The molecular formula is C9H12BrN3O3. The van der Waals surface area contributed by atoms with Crippen LogP contribution < -0.4 is 11.1 Å². The molecule has 0 fully saturated rings. The third-order valence-electron chi connectivity index (χ3n) is 1.82. The van der Waals surface area contributed by atoms with Gasteiger partial charge in [0.05, 0.1) is 0 Å². The molecular weight excluding hydrogens is 278 g/mol. The molecule has 16 heavy (non-hydrogen) atoms. The van der Waals surface area contributed by atoms with Crippen molar-refractivity contribution in [2.75, 3.05) is 6.54 Å². The first-order valence-corrected chi connectivity index (χ1v) is 5.42. The Morgan fingerprint density at radius 1 is 1.62 bits per heavy atom. The summed E-state index contributed by atoms with van der Waals surface area (Å²) in [6, 6.07) is 3.22. The minimum absolute atomic E-state index is 0.148. The van der Waals surface area contributed by atoms with E-state index < -0.39 is 0 Å². The highest BCUT2D eigenvalue weighted by Gasteiger charge is 2.09. The molecule has 1 aromatic rings. The third-order valence-corrected chi connectivity index (χ3v) is 2.25. The van der Waals surface area contributed by atoms with Crippen LogP contribution in [0.5, 0.6) is 0 Å². The number of rotatable bonds is 5. The smallest absolute Gasteiger partial charge is 0.287 e. The predicted octanol–water partition coefficient (Wildman–Crippen LogP) is 1.30. The highest BCUT2D eigenvalue weighted by molar-refractivity contribution is 9.10. The van der Waals surface area contributed by atoms with Crippen LogP contribution in [-0.2, 0) is 0 Å². The number of carbonyl (C=O) groups is 1. The Labute approximate surface area is 101 Å². The Balaban J connectivity index is 2.26. The van der Waals surface area contributed by atoms with Gasteiger partial charge in [0, 0.05) is 13.0 Å². The fourth-order valence-electron chi connectivity index (χ4n) is 1.04. The van der Waals surface area contributed by atoms with Crippen LogP contribution >= 0.6 is 15.9 Å². The van der Waals surface area contributed by atoms with E-state index >= 15 is 0 Å². The maximum Gasteiger partial charge on any atom is 0.287 e. The molecule has 0 atom stereocenters. The molecule has 0 bridgehead atoms. The summed E-state index contributed by atoms with van der Waals surface area (Å²) in [7, 11) is 0. The Hall–Kier alpha value is -1.50. The van der Waals surface area contributed by atoms with Gasteiger partial charge in [-0.1, -0.05) is 5.16 Å². The number of furan rings is 1. The van der Waals surface area contributed by atoms with Gasteiger partial charge in [-0.3, -0.25) is 4.79 Å². The van der Waals surface area contributed by atoms with Crippen molar-refractivity contribution in [3.05, 3.63) is 22.6 Å². The number of hydrogen-bond donors (Lipinski definition) is 3. The van der Waals surface area contributed by atoms with E-state index in [1.54, 1.807) is 12.1 Å². The van der Waals surface area contributed by atoms with Gasteiger partial charge in [0.1, 0.15) is 5.84 Å². The maximum absolute atomic E-state index is 11.4. The van der Waals surface area contributed by atoms with E-state index in [4.69, 9.17) is 15.4 Å². The molecule has 1 aromatic heterocycles. The number of halogens is 1. The molecule has 4 N–H and O–H groups in total. The summed E-state index contributed by atoms with van der Waals surface area (Å²) in [5, 5.41) is 13.7. The van der Waals surface area contributed by atoms with Crippen molar-refractivity contribution in [2.45, 2.75) is 12.8 Å². The van der Waals surface area contributed by atoms with E-state index in [1.165, 1.54) is 0 Å². The summed E-state index contributed by atoms with van der Waals surface area (Å²) in [6.07, 6.45) is 1.03. The van der Waals surface area contributed by atoms with Crippen molar-refractivity contribution in [2.24, 2.45) is 10.9 Å². The number of carbonyl (C=O) groups excluding carboxylic acids is 1. The van der Waals surface area contributed by atoms with Gasteiger partial charge in [-0.15, -0.1) is 0 Å². The van der Waals surface area contributed by atoms with E-state index in [0.29, 0.717) is 24.1 Å². The number of hydrogen-bond acceptors (Lipinski definition) is 4. The van der Waals surface area contributed by atoms with Crippen molar-refractivity contribution in [3.63, 3.8) is 0 Å². The minimum atomic E-state index is -0.287. The van der Waals surface area contributed by atoms with Gasteiger partial charge in [0.2, 0.25) is 0 Å². The molecule has 0 aliphatic heterocycles. The van der Waals surface area contributed by atoms with Crippen molar-refractivity contribution in [1.82, 2.24) is 5.32 Å². The molecule has 1 amide bonds. The van der Waals surface area contributed by atoms with Gasteiger partial charge in [-0.2, -0.15) is 0 Å². The topological polar surface area (TPSA) is 101 Å². The van der Waals surface area contributed by atoms with Crippen molar-refractivity contribution in [1.29, 1.82) is 0 Å². The Morgan fingerprint density at radius 2 is 2.38 bits per heavy atom. The number of amidine groups is 1. The second-order valence-electron chi connectivity index (χ2n) is 3.05. The molecule has 7 heteroatoms. The molecule has 1 rings (SSSR count). The second-order valence-corrected chi connectivity index (χ2v) is 3.84. The van der Waals surface area contributed by atoms with Crippen LogP contribution in [-0.4, -0.2) is 23.5 Å². The summed E-state index contributed by atoms with van der Waals surface area (Å²) in [5.74, 6) is 0.107. The molecule has 0 saturated heterocycles. The largest absolute Gasteiger partial charge is 0.444 e. The minimum Gasteiger partial charge on any atom is -0.444 e. The summed E-state index contributed by atoms with van der Waals surface area (Å²) < 4.78 is 5.57. The normalized spacial score (nSPS) is 11.4. The number of nitrogens with two attached hydrogens (primary N) is 1. The lowest BCUT2D eigenvalue weighted by Gasteiger charge is -2.02. The standard InChI is InChI=1S/C9H12BrN3O3/c10-7-4-3-6(16-7)9(14)12-5-1-2-8(11)13-15/h3-4,15H,1-2,5H2,(H2,11,13)(H,12,14). The van der Waals surface area contributed by atoms with Crippen molar-refractivity contribution < 1.29 is 14.4 Å². The van der Waals surface area contributed by atoms with Gasteiger partial charge in [0.15, 0.2) is 10.4 Å². The number of nitrogens with one attached hydrogen (secondary N) is 1. The first-order valence-electron chi connectivity index (χ1n) is 4.63. The predicted molar refractivity (Wildman–Crippen MR) is 61.4 cm³/mol. The second kappa shape index (κ2) is 6.16. The first kappa shape index (κ1) is 12.6. The van der Waals surface area contributed by atoms with E-state index in [-0.39, 0.29) is 17.5 Å². The molecule has 6 nitrogen and oxygen atoms in total. The molecule has 0 aliphatic rings. The molecule has 0 aliphatic carbocycles. The molecule has 88 valence electrons. The van der Waals surface area contributed by atoms with Crippen molar-refractivity contribution >= 4 is 27.7 Å². The molecule has 0 saturated carbocycles. The molecule has 0 aromatic carbocycles.